The lowest BCUT2D eigenvalue weighted by Crippen LogP contribution is -2.33. The summed E-state index contributed by atoms with van der Waals surface area (Å²) in [4.78, 5) is 27.3. The summed E-state index contributed by atoms with van der Waals surface area (Å²) in [6.07, 6.45) is 5.66. The van der Waals surface area contributed by atoms with Crippen LogP contribution < -0.4 is 5.32 Å². The van der Waals surface area contributed by atoms with Crippen LogP contribution in [0.1, 0.15) is 24.1 Å². The number of nitrogens with one attached hydrogen (secondary N) is 1. The van der Waals surface area contributed by atoms with Crippen LogP contribution in [-0.2, 0) is 4.79 Å². The highest BCUT2D eigenvalue weighted by Crippen LogP contribution is 2.21. The second-order valence-electron chi connectivity index (χ2n) is 5.79. The minimum Gasteiger partial charge on any atom is -0.361 e. The molecule has 1 N–H and O–H groups in total. The number of hydrogen-bond acceptors (Lipinski definition) is 5. The largest absolute Gasteiger partial charge is 0.361 e. The Bertz CT molecular complexity index is 696. The summed E-state index contributed by atoms with van der Waals surface area (Å²) in [5.41, 5.74) is 2.73. The molecule has 0 spiro atoms. The molecule has 1 aliphatic rings. The maximum absolute atomic E-state index is 12.2. The van der Waals surface area contributed by atoms with Gasteiger partial charge in [-0.15, -0.1) is 0 Å². The number of likely N-dealkylation sites (tertiary alicyclic amines) is 1. The molecule has 1 saturated heterocycles. The van der Waals surface area contributed by atoms with Crippen LogP contribution in [0.5, 0.6) is 0 Å². The number of amides is 1. The van der Waals surface area contributed by atoms with Crippen molar-refractivity contribution >= 4 is 11.7 Å². The molecule has 0 aromatic carbocycles. The number of carbonyl (C=O) groups is 1. The topological polar surface area (TPSA) is 71.0 Å². The predicted molar refractivity (Wildman–Crippen MR) is 89.0 cm³/mol. The molecule has 0 bridgehead atoms. The number of rotatable bonds is 4. The molecule has 6 nitrogen and oxygen atoms in total. The molecule has 1 amide bonds. The molecule has 0 aliphatic carbocycles. The van der Waals surface area contributed by atoms with E-state index < -0.39 is 0 Å². The van der Waals surface area contributed by atoms with Crippen molar-refractivity contribution in [3.8, 4) is 11.4 Å². The zero-order valence-corrected chi connectivity index (χ0v) is 13.5. The van der Waals surface area contributed by atoms with Crippen molar-refractivity contribution in [3.05, 3.63) is 35.8 Å². The molecule has 0 unspecified atom stereocenters. The minimum atomic E-state index is 0.126. The Morgan fingerprint density at radius 3 is 2.74 bits per heavy atom. The summed E-state index contributed by atoms with van der Waals surface area (Å²) in [6, 6.07) is 3.79. The zero-order chi connectivity index (χ0) is 16.2. The van der Waals surface area contributed by atoms with Crippen molar-refractivity contribution < 1.29 is 4.79 Å². The molecule has 0 atom stereocenters. The summed E-state index contributed by atoms with van der Waals surface area (Å²) in [6.45, 7) is 5.91. The second-order valence-corrected chi connectivity index (χ2v) is 5.79. The number of pyridine rings is 1. The van der Waals surface area contributed by atoms with Crippen LogP contribution in [0.2, 0.25) is 0 Å². The highest BCUT2D eigenvalue weighted by atomic mass is 16.2. The average molecular weight is 311 g/mol. The third kappa shape index (κ3) is 3.47. The molecular formula is C17H21N5O. The first-order chi connectivity index (χ1) is 11.1. The Kier molecular flexibility index (Phi) is 4.50. The molecule has 0 radical (unpaired) electrons. The molecule has 6 heteroatoms. The van der Waals surface area contributed by atoms with Crippen LogP contribution in [0.4, 0.5) is 5.82 Å². The van der Waals surface area contributed by atoms with E-state index in [1.807, 2.05) is 30.9 Å². The molecule has 2 aromatic rings. The first-order valence-electron chi connectivity index (χ1n) is 7.92. The lowest BCUT2D eigenvalue weighted by molar-refractivity contribution is -0.128. The van der Waals surface area contributed by atoms with E-state index in [4.69, 9.17) is 0 Å². The lowest BCUT2D eigenvalue weighted by Gasteiger charge is -2.17. The third-order valence-electron chi connectivity index (χ3n) is 4.17. The lowest BCUT2D eigenvalue weighted by atomic mass is 10.2. The Balaban J connectivity index is 1.78. The van der Waals surface area contributed by atoms with Gasteiger partial charge >= 0.3 is 0 Å². The number of hydrogen-bond donors (Lipinski definition) is 1. The van der Waals surface area contributed by atoms with Crippen molar-refractivity contribution in [2.75, 3.05) is 25.0 Å². The fourth-order valence-electron chi connectivity index (χ4n) is 2.66. The molecular weight excluding hydrogens is 290 g/mol. The van der Waals surface area contributed by atoms with Gasteiger partial charge in [0.2, 0.25) is 5.91 Å². The minimum absolute atomic E-state index is 0.126. The molecule has 1 fully saturated rings. The number of nitrogens with zero attached hydrogens (tertiary/aromatic N) is 4. The van der Waals surface area contributed by atoms with E-state index in [-0.39, 0.29) is 12.5 Å². The number of carbonyl (C=O) groups excluding carboxylic acids is 1. The van der Waals surface area contributed by atoms with Crippen LogP contribution in [0.3, 0.4) is 0 Å². The van der Waals surface area contributed by atoms with E-state index in [1.165, 1.54) is 0 Å². The average Bonchev–Trinajstić information content (AvgIpc) is 3.11. The Hall–Kier alpha value is -2.50. The van der Waals surface area contributed by atoms with E-state index in [1.54, 1.807) is 12.4 Å². The van der Waals surface area contributed by atoms with E-state index in [9.17, 15) is 4.79 Å². The molecule has 120 valence electrons. The van der Waals surface area contributed by atoms with Gasteiger partial charge < -0.3 is 10.2 Å². The van der Waals surface area contributed by atoms with Gasteiger partial charge in [0, 0.05) is 42.3 Å². The smallest absolute Gasteiger partial charge is 0.241 e. The van der Waals surface area contributed by atoms with Gasteiger partial charge in [0.05, 0.1) is 6.54 Å². The van der Waals surface area contributed by atoms with E-state index >= 15 is 0 Å². The molecule has 3 rings (SSSR count). The van der Waals surface area contributed by atoms with Crippen molar-refractivity contribution in [3.63, 3.8) is 0 Å². The summed E-state index contributed by atoms with van der Waals surface area (Å²) in [7, 11) is 0. The zero-order valence-electron chi connectivity index (χ0n) is 13.5. The molecule has 0 saturated carbocycles. The molecule has 1 aliphatic heterocycles. The quantitative estimate of drug-likeness (QED) is 0.937. The maximum atomic E-state index is 12.2. The van der Waals surface area contributed by atoms with E-state index in [2.05, 4.69) is 20.3 Å². The standard InChI is InChI=1S/C17H21N5O/c1-12-13(2)20-17(14-6-5-7-18-10-14)21-16(12)19-11-15(23)22-8-3-4-9-22/h5-7,10H,3-4,8-9,11H2,1-2H3,(H,19,20,21). The van der Waals surface area contributed by atoms with Crippen LogP contribution >= 0.6 is 0 Å². The molecule has 23 heavy (non-hydrogen) atoms. The number of anilines is 1. The summed E-state index contributed by atoms with van der Waals surface area (Å²) >= 11 is 0. The van der Waals surface area contributed by atoms with Crippen molar-refractivity contribution in [1.29, 1.82) is 0 Å². The van der Waals surface area contributed by atoms with Gasteiger partial charge in [0.25, 0.3) is 0 Å². The van der Waals surface area contributed by atoms with Gasteiger partial charge in [-0.3, -0.25) is 9.78 Å². The van der Waals surface area contributed by atoms with Crippen LogP contribution in [-0.4, -0.2) is 45.4 Å². The fraction of sp³-hybridized carbons (Fsp3) is 0.412. The highest BCUT2D eigenvalue weighted by Gasteiger charge is 2.18. The third-order valence-corrected chi connectivity index (χ3v) is 4.17. The Morgan fingerprint density at radius 1 is 1.26 bits per heavy atom. The van der Waals surface area contributed by atoms with Gasteiger partial charge in [-0.2, -0.15) is 0 Å². The Morgan fingerprint density at radius 2 is 2.04 bits per heavy atom. The first kappa shape index (κ1) is 15.4. The van der Waals surface area contributed by atoms with E-state index in [0.29, 0.717) is 11.6 Å². The fourth-order valence-corrected chi connectivity index (χ4v) is 2.66. The number of aryl methyl sites for hydroxylation is 1. The normalized spacial score (nSPS) is 14.1. The van der Waals surface area contributed by atoms with Crippen molar-refractivity contribution in [2.24, 2.45) is 0 Å². The monoisotopic (exact) mass is 311 g/mol. The molecule has 3 heterocycles. The van der Waals surface area contributed by atoms with Gasteiger partial charge in [-0.05, 0) is 38.8 Å². The van der Waals surface area contributed by atoms with Gasteiger partial charge in [-0.25, -0.2) is 9.97 Å². The van der Waals surface area contributed by atoms with Crippen molar-refractivity contribution in [1.82, 2.24) is 19.9 Å². The predicted octanol–water partition coefficient (Wildman–Crippen LogP) is 2.19. The van der Waals surface area contributed by atoms with Crippen LogP contribution in [0.25, 0.3) is 11.4 Å². The van der Waals surface area contributed by atoms with Crippen LogP contribution in [0, 0.1) is 13.8 Å². The summed E-state index contributed by atoms with van der Waals surface area (Å²) in [5, 5.41) is 3.18. The number of aromatic nitrogens is 3. The summed E-state index contributed by atoms with van der Waals surface area (Å²) in [5.74, 6) is 1.46. The van der Waals surface area contributed by atoms with Gasteiger partial charge in [0.1, 0.15) is 5.82 Å². The first-order valence-corrected chi connectivity index (χ1v) is 7.92. The van der Waals surface area contributed by atoms with Crippen LogP contribution in [0.15, 0.2) is 24.5 Å². The summed E-state index contributed by atoms with van der Waals surface area (Å²) < 4.78 is 0. The van der Waals surface area contributed by atoms with Gasteiger partial charge in [-0.1, -0.05) is 0 Å². The SMILES string of the molecule is Cc1nc(-c2cccnc2)nc(NCC(=O)N2CCCC2)c1C. The molecule has 2 aromatic heterocycles. The second kappa shape index (κ2) is 6.73. The Labute approximate surface area is 136 Å². The maximum Gasteiger partial charge on any atom is 0.241 e. The highest BCUT2D eigenvalue weighted by molar-refractivity contribution is 5.81. The van der Waals surface area contributed by atoms with Crippen molar-refractivity contribution in [2.45, 2.75) is 26.7 Å². The van der Waals surface area contributed by atoms with E-state index in [0.717, 1.165) is 42.8 Å². The van der Waals surface area contributed by atoms with Gasteiger partial charge in [0.15, 0.2) is 5.82 Å².